The summed E-state index contributed by atoms with van der Waals surface area (Å²) in [6.45, 7) is 2.25. The second kappa shape index (κ2) is 8.29. The first-order chi connectivity index (χ1) is 13.6. The molecule has 5 nitrogen and oxygen atoms in total. The number of fused-ring (bicyclic) bond motifs is 1. The van der Waals surface area contributed by atoms with E-state index in [2.05, 4.69) is 33.4 Å². The smallest absolute Gasteiger partial charge is 0.253 e. The van der Waals surface area contributed by atoms with Crippen molar-refractivity contribution >= 4 is 34.0 Å². The Morgan fingerprint density at radius 2 is 1.89 bits per heavy atom. The molecule has 3 aromatic rings. The number of nitrogens with zero attached hydrogens (tertiary/aromatic N) is 1. The van der Waals surface area contributed by atoms with E-state index in [1.54, 1.807) is 11.8 Å². The molecule has 1 aromatic heterocycles. The van der Waals surface area contributed by atoms with E-state index in [1.807, 2.05) is 36.6 Å². The number of nitrogens with one attached hydrogen (secondary N) is 2. The minimum Gasteiger partial charge on any atom is -0.393 e. The second-order valence-electron chi connectivity index (χ2n) is 7.20. The van der Waals surface area contributed by atoms with Crippen molar-refractivity contribution in [2.45, 2.75) is 30.4 Å². The number of aromatic nitrogens is 1. The number of thioether (sulfide) groups is 1. The van der Waals surface area contributed by atoms with E-state index in [4.69, 9.17) is 0 Å². The molecule has 1 saturated heterocycles. The van der Waals surface area contributed by atoms with Gasteiger partial charge in [-0.05, 0) is 66.9 Å². The minimum absolute atomic E-state index is 0.0539. The number of benzene rings is 2. The van der Waals surface area contributed by atoms with Gasteiger partial charge in [-0.25, -0.2) is 0 Å². The zero-order valence-electron chi connectivity index (χ0n) is 15.9. The number of pyridine rings is 1. The van der Waals surface area contributed by atoms with Crippen LogP contribution >= 0.6 is 11.8 Å². The Morgan fingerprint density at radius 1 is 1.14 bits per heavy atom. The first-order valence-corrected chi connectivity index (χ1v) is 10.8. The molecule has 0 aliphatic carbocycles. The highest BCUT2D eigenvalue weighted by atomic mass is 32.2. The highest BCUT2D eigenvalue weighted by molar-refractivity contribution is 7.98. The molecule has 0 radical (unpaired) electrons. The van der Waals surface area contributed by atoms with Gasteiger partial charge in [-0.1, -0.05) is 6.07 Å². The largest absolute Gasteiger partial charge is 0.393 e. The van der Waals surface area contributed by atoms with Crippen LogP contribution in [0.15, 0.2) is 58.2 Å². The van der Waals surface area contributed by atoms with Gasteiger partial charge in [0, 0.05) is 47.0 Å². The van der Waals surface area contributed by atoms with E-state index in [0.717, 1.165) is 53.0 Å². The molecular weight excluding hydrogens is 370 g/mol. The summed E-state index contributed by atoms with van der Waals surface area (Å²) in [5.74, 6) is 0. The summed E-state index contributed by atoms with van der Waals surface area (Å²) >= 11 is 1.66. The molecule has 1 aliphatic heterocycles. The quantitative estimate of drug-likeness (QED) is 0.573. The first-order valence-electron chi connectivity index (χ1n) is 9.59. The molecule has 0 atom stereocenters. The van der Waals surface area contributed by atoms with Crippen molar-refractivity contribution in [1.82, 2.24) is 4.98 Å². The number of piperidine rings is 1. The number of aromatic amines is 1. The summed E-state index contributed by atoms with van der Waals surface area (Å²) in [4.78, 5) is 18.8. The summed E-state index contributed by atoms with van der Waals surface area (Å²) in [6, 6.07) is 16.4. The molecule has 1 aliphatic rings. The van der Waals surface area contributed by atoms with Crippen molar-refractivity contribution in [2.75, 3.05) is 29.6 Å². The van der Waals surface area contributed by atoms with Crippen LogP contribution in [-0.2, 0) is 6.54 Å². The lowest BCUT2D eigenvalue weighted by Gasteiger charge is -2.31. The van der Waals surface area contributed by atoms with E-state index in [0.29, 0.717) is 6.54 Å². The predicted octanol–water partition coefficient (Wildman–Crippen LogP) is 3.82. The number of hydrogen-bond donors (Lipinski definition) is 3. The molecule has 3 N–H and O–H groups in total. The van der Waals surface area contributed by atoms with Gasteiger partial charge in [-0.3, -0.25) is 4.79 Å². The van der Waals surface area contributed by atoms with Crippen LogP contribution in [0.25, 0.3) is 10.9 Å². The molecule has 0 bridgehead atoms. The number of aliphatic hydroxyl groups is 1. The SMILES string of the molecule is CSc1ccc2cc(CNc3ccc(N4CCC(O)CC4)cc3)c(=O)[nH]c2c1. The zero-order valence-corrected chi connectivity index (χ0v) is 16.8. The van der Waals surface area contributed by atoms with Gasteiger partial charge in [0.15, 0.2) is 0 Å². The Hall–Kier alpha value is -2.44. The van der Waals surface area contributed by atoms with Crippen molar-refractivity contribution in [3.8, 4) is 0 Å². The molecule has 0 saturated carbocycles. The number of aliphatic hydroxyl groups excluding tert-OH is 1. The third-order valence-electron chi connectivity index (χ3n) is 5.31. The summed E-state index contributed by atoms with van der Waals surface area (Å²) in [5, 5.41) is 14.0. The monoisotopic (exact) mass is 395 g/mol. The van der Waals surface area contributed by atoms with Crippen LogP contribution in [0.5, 0.6) is 0 Å². The maximum atomic E-state index is 12.4. The molecular formula is C22H25N3O2S. The predicted molar refractivity (Wildman–Crippen MR) is 118 cm³/mol. The molecule has 0 amide bonds. The van der Waals surface area contributed by atoms with Gasteiger partial charge in [0.2, 0.25) is 0 Å². The topological polar surface area (TPSA) is 68.4 Å². The molecule has 0 unspecified atom stereocenters. The van der Waals surface area contributed by atoms with Crippen LogP contribution in [0.4, 0.5) is 11.4 Å². The maximum Gasteiger partial charge on any atom is 0.253 e. The minimum atomic E-state index is -0.162. The highest BCUT2D eigenvalue weighted by Crippen LogP contribution is 2.23. The molecule has 2 aromatic carbocycles. The average Bonchev–Trinajstić information content (AvgIpc) is 2.73. The lowest BCUT2D eigenvalue weighted by atomic mass is 10.1. The highest BCUT2D eigenvalue weighted by Gasteiger charge is 2.17. The Bertz CT molecular complexity index is 1010. The molecule has 4 rings (SSSR count). The maximum absolute atomic E-state index is 12.4. The number of H-pyrrole nitrogens is 1. The lowest BCUT2D eigenvalue weighted by molar-refractivity contribution is 0.145. The summed E-state index contributed by atoms with van der Waals surface area (Å²) in [6.07, 6.45) is 3.51. The summed E-state index contributed by atoms with van der Waals surface area (Å²) < 4.78 is 0. The molecule has 1 fully saturated rings. The van der Waals surface area contributed by atoms with E-state index >= 15 is 0 Å². The van der Waals surface area contributed by atoms with Crippen LogP contribution in [0.1, 0.15) is 18.4 Å². The fourth-order valence-corrected chi connectivity index (χ4v) is 4.03. The third kappa shape index (κ3) is 4.18. The first kappa shape index (κ1) is 18.9. The second-order valence-corrected chi connectivity index (χ2v) is 8.08. The lowest BCUT2D eigenvalue weighted by Crippen LogP contribution is -2.35. The normalized spacial score (nSPS) is 15.1. The third-order valence-corrected chi connectivity index (χ3v) is 6.04. The molecule has 28 heavy (non-hydrogen) atoms. The van der Waals surface area contributed by atoms with E-state index in [9.17, 15) is 9.90 Å². The number of anilines is 2. The van der Waals surface area contributed by atoms with Gasteiger partial charge in [-0.15, -0.1) is 11.8 Å². The van der Waals surface area contributed by atoms with E-state index in [1.165, 1.54) is 5.69 Å². The standard InChI is InChI=1S/C22H25N3O2S/c1-28-20-7-2-15-12-16(22(27)24-21(15)13-20)14-23-17-3-5-18(6-4-17)25-10-8-19(26)9-11-25/h2-7,12-13,19,23,26H,8-11,14H2,1H3,(H,24,27). The fraction of sp³-hybridized carbons (Fsp3) is 0.318. The molecule has 146 valence electrons. The Morgan fingerprint density at radius 3 is 2.61 bits per heavy atom. The van der Waals surface area contributed by atoms with Crippen LogP contribution in [-0.4, -0.2) is 35.5 Å². The molecule has 6 heteroatoms. The van der Waals surface area contributed by atoms with Gasteiger partial charge >= 0.3 is 0 Å². The van der Waals surface area contributed by atoms with Crippen molar-refractivity contribution in [3.63, 3.8) is 0 Å². The Balaban J connectivity index is 1.44. The summed E-state index contributed by atoms with van der Waals surface area (Å²) in [5.41, 5.74) is 3.69. The van der Waals surface area contributed by atoms with Crippen LogP contribution in [0.2, 0.25) is 0 Å². The summed E-state index contributed by atoms with van der Waals surface area (Å²) in [7, 11) is 0. The van der Waals surface area contributed by atoms with Crippen LogP contribution < -0.4 is 15.8 Å². The van der Waals surface area contributed by atoms with Gasteiger partial charge in [0.25, 0.3) is 5.56 Å². The fourth-order valence-electron chi connectivity index (χ4n) is 3.60. The Kier molecular flexibility index (Phi) is 5.59. The van der Waals surface area contributed by atoms with Crippen molar-refractivity contribution in [3.05, 3.63) is 64.4 Å². The zero-order chi connectivity index (χ0) is 19.5. The molecule has 2 heterocycles. The van der Waals surface area contributed by atoms with Crippen molar-refractivity contribution in [1.29, 1.82) is 0 Å². The van der Waals surface area contributed by atoms with Gasteiger partial charge in [-0.2, -0.15) is 0 Å². The molecule has 0 spiro atoms. The van der Waals surface area contributed by atoms with Gasteiger partial charge in [0.05, 0.1) is 6.10 Å². The van der Waals surface area contributed by atoms with Crippen molar-refractivity contribution in [2.24, 2.45) is 0 Å². The number of hydrogen-bond acceptors (Lipinski definition) is 5. The van der Waals surface area contributed by atoms with E-state index < -0.39 is 0 Å². The Labute approximate surface area is 168 Å². The van der Waals surface area contributed by atoms with E-state index in [-0.39, 0.29) is 11.7 Å². The van der Waals surface area contributed by atoms with Crippen LogP contribution in [0.3, 0.4) is 0 Å². The van der Waals surface area contributed by atoms with Gasteiger partial charge in [0.1, 0.15) is 0 Å². The van der Waals surface area contributed by atoms with Crippen LogP contribution in [0, 0.1) is 0 Å². The average molecular weight is 396 g/mol. The number of rotatable bonds is 5. The van der Waals surface area contributed by atoms with Crippen molar-refractivity contribution < 1.29 is 5.11 Å². The van der Waals surface area contributed by atoms with Gasteiger partial charge < -0.3 is 20.3 Å².